The van der Waals surface area contributed by atoms with Crippen molar-refractivity contribution in [3.05, 3.63) is 60.2 Å². The van der Waals surface area contributed by atoms with Gasteiger partial charge in [-0.15, -0.1) is 12.4 Å². The van der Waals surface area contributed by atoms with Crippen molar-refractivity contribution in [3.63, 3.8) is 0 Å². The molecule has 116 valence electrons. The van der Waals surface area contributed by atoms with E-state index in [0.717, 1.165) is 6.42 Å². The van der Waals surface area contributed by atoms with Gasteiger partial charge in [-0.1, -0.05) is 62.4 Å². The average molecular weight is 314 g/mol. The van der Waals surface area contributed by atoms with E-state index in [-0.39, 0.29) is 18.4 Å². The highest BCUT2D eigenvalue weighted by molar-refractivity contribution is 6.02. The van der Waals surface area contributed by atoms with Gasteiger partial charge in [0, 0.05) is 6.04 Å². The molecule has 3 aromatic carbocycles. The Morgan fingerprint density at radius 2 is 1.32 bits per heavy atom. The van der Waals surface area contributed by atoms with Crippen LogP contribution in [0.3, 0.4) is 0 Å². The minimum Gasteiger partial charge on any atom is -0.324 e. The molecule has 0 aliphatic rings. The first-order valence-electron chi connectivity index (χ1n) is 7.83. The van der Waals surface area contributed by atoms with Crippen LogP contribution in [0.25, 0.3) is 21.5 Å². The van der Waals surface area contributed by atoms with Gasteiger partial charge in [-0.2, -0.15) is 0 Å². The van der Waals surface area contributed by atoms with Crippen molar-refractivity contribution in [2.24, 2.45) is 11.7 Å². The maximum absolute atomic E-state index is 6.58. The predicted molar refractivity (Wildman–Crippen MR) is 99.7 cm³/mol. The highest BCUT2D eigenvalue weighted by Gasteiger charge is 2.14. The number of benzene rings is 3. The van der Waals surface area contributed by atoms with Crippen LogP contribution in [0, 0.1) is 5.92 Å². The average Bonchev–Trinajstić information content (AvgIpc) is 2.50. The van der Waals surface area contributed by atoms with Gasteiger partial charge in [0.1, 0.15) is 0 Å². The fourth-order valence-corrected chi connectivity index (χ4v) is 3.11. The lowest BCUT2D eigenvalue weighted by atomic mass is 9.89. The molecule has 1 atom stereocenters. The largest absolute Gasteiger partial charge is 0.324 e. The molecule has 0 fully saturated rings. The van der Waals surface area contributed by atoms with E-state index in [1.165, 1.54) is 33.5 Å². The molecule has 0 saturated heterocycles. The van der Waals surface area contributed by atoms with Gasteiger partial charge in [0.05, 0.1) is 0 Å². The molecule has 0 aliphatic carbocycles. The number of hydrogen-bond acceptors (Lipinski definition) is 1. The highest BCUT2D eigenvalue weighted by Crippen LogP contribution is 2.33. The normalized spacial score (nSPS) is 12.5. The molecule has 0 aliphatic heterocycles. The van der Waals surface area contributed by atoms with Gasteiger partial charge in [-0.3, -0.25) is 0 Å². The standard InChI is InChI=1S/C20H23N.ClH/c1-14(2)11-12-19(21)20-17-9-5-3-7-15(17)13-16-8-4-6-10-18(16)20;/h3-10,13-14,19H,11-12,21H2,1-2H3;1H/t19-;/m0./s1. The van der Waals surface area contributed by atoms with Crippen molar-refractivity contribution in [1.82, 2.24) is 0 Å². The van der Waals surface area contributed by atoms with Crippen molar-refractivity contribution >= 4 is 34.0 Å². The molecular weight excluding hydrogens is 290 g/mol. The topological polar surface area (TPSA) is 26.0 Å². The van der Waals surface area contributed by atoms with Gasteiger partial charge < -0.3 is 5.73 Å². The van der Waals surface area contributed by atoms with Crippen LogP contribution in [0.1, 0.15) is 38.3 Å². The molecule has 0 amide bonds. The summed E-state index contributed by atoms with van der Waals surface area (Å²) in [5.74, 6) is 0.692. The smallest absolute Gasteiger partial charge is 0.0307 e. The predicted octanol–water partition coefficient (Wildman–Crippen LogP) is 5.85. The Morgan fingerprint density at radius 1 is 0.818 bits per heavy atom. The maximum Gasteiger partial charge on any atom is 0.0307 e. The van der Waals surface area contributed by atoms with Crippen LogP contribution < -0.4 is 5.73 Å². The number of hydrogen-bond donors (Lipinski definition) is 1. The van der Waals surface area contributed by atoms with Gasteiger partial charge in [-0.05, 0) is 51.9 Å². The second kappa shape index (κ2) is 7.13. The fraction of sp³-hybridized carbons (Fsp3) is 0.300. The second-order valence-corrected chi connectivity index (χ2v) is 6.31. The Kier molecular flexibility index (Phi) is 5.44. The molecule has 3 aromatic rings. The number of halogens is 1. The fourth-order valence-electron chi connectivity index (χ4n) is 3.11. The maximum atomic E-state index is 6.58. The van der Waals surface area contributed by atoms with Crippen LogP contribution in [-0.2, 0) is 0 Å². The van der Waals surface area contributed by atoms with Crippen LogP contribution in [0.4, 0.5) is 0 Å². The van der Waals surface area contributed by atoms with Crippen molar-refractivity contribution in [2.75, 3.05) is 0 Å². The second-order valence-electron chi connectivity index (χ2n) is 6.31. The first kappa shape index (κ1) is 16.8. The third-order valence-electron chi connectivity index (χ3n) is 4.24. The van der Waals surface area contributed by atoms with Gasteiger partial charge in [0.2, 0.25) is 0 Å². The lowest BCUT2D eigenvalue weighted by Crippen LogP contribution is -2.12. The van der Waals surface area contributed by atoms with Crippen LogP contribution in [-0.4, -0.2) is 0 Å². The summed E-state index contributed by atoms with van der Waals surface area (Å²) in [7, 11) is 0. The number of rotatable bonds is 4. The first-order valence-corrected chi connectivity index (χ1v) is 7.83. The van der Waals surface area contributed by atoms with E-state index in [1.54, 1.807) is 0 Å². The summed E-state index contributed by atoms with van der Waals surface area (Å²) < 4.78 is 0. The number of fused-ring (bicyclic) bond motifs is 2. The summed E-state index contributed by atoms with van der Waals surface area (Å²) in [6, 6.07) is 19.5. The Labute approximate surface area is 138 Å². The molecule has 0 unspecified atom stereocenters. The molecule has 0 aromatic heterocycles. The molecule has 0 bridgehead atoms. The van der Waals surface area contributed by atoms with E-state index in [1.807, 2.05) is 0 Å². The van der Waals surface area contributed by atoms with Gasteiger partial charge in [-0.25, -0.2) is 0 Å². The SMILES string of the molecule is CC(C)CC[C@H](N)c1c2ccccc2cc2ccccc12.Cl. The van der Waals surface area contributed by atoms with Gasteiger partial charge in [0.25, 0.3) is 0 Å². The van der Waals surface area contributed by atoms with Crippen LogP contribution in [0.15, 0.2) is 54.6 Å². The van der Waals surface area contributed by atoms with E-state index >= 15 is 0 Å². The Morgan fingerprint density at radius 3 is 1.82 bits per heavy atom. The van der Waals surface area contributed by atoms with E-state index in [9.17, 15) is 0 Å². The highest BCUT2D eigenvalue weighted by atomic mass is 35.5. The summed E-state index contributed by atoms with van der Waals surface area (Å²) in [6.45, 7) is 4.52. The van der Waals surface area contributed by atoms with E-state index in [4.69, 9.17) is 5.73 Å². The lowest BCUT2D eigenvalue weighted by Gasteiger charge is -2.19. The monoisotopic (exact) mass is 313 g/mol. The minimum atomic E-state index is 0. The molecule has 2 N–H and O–H groups in total. The van der Waals surface area contributed by atoms with Crippen molar-refractivity contribution in [1.29, 1.82) is 0 Å². The summed E-state index contributed by atoms with van der Waals surface area (Å²) in [5, 5.41) is 5.16. The molecule has 0 spiro atoms. The van der Waals surface area contributed by atoms with Gasteiger partial charge >= 0.3 is 0 Å². The molecule has 0 saturated carbocycles. The Bertz CT molecular complexity index is 710. The quantitative estimate of drug-likeness (QED) is 0.601. The summed E-state index contributed by atoms with van der Waals surface area (Å²) in [4.78, 5) is 0. The van der Waals surface area contributed by atoms with E-state index in [2.05, 4.69) is 68.4 Å². The van der Waals surface area contributed by atoms with Crippen molar-refractivity contribution in [3.8, 4) is 0 Å². The van der Waals surface area contributed by atoms with E-state index in [0.29, 0.717) is 5.92 Å². The molecule has 3 rings (SSSR count). The minimum absolute atomic E-state index is 0. The number of nitrogens with two attached hydrogens (primary N) is 1. The molecule has 22 heavy (non-hydrogen) atoms. The van der Waals surface area contributed by atoms with Crippen LogP contribution >= 0.6 is 12.4 Å². The summed E-state index contributed by atoms with van der Waals surface area (Å²) in [5.41, 5.74) is 7.89. The Hall–Kier alpha value is -1.57. The summed E-state index contributed by atoms with van der Waals surface area (Å²) in [6.07, 6.45) is 2.20. The summed E-state index contributed by atoms with van der Waals surface area (Å²) >= 11 is 0. The van der Waals surface area contributed by atoms with Gasteiger partial charge in [0.15, 0.2) is 0 Å². The van der Waals surface area contributed by atoms with Crippen molar-refractivity contribution in [2.45, 2.75) is 32.7 Å². The Balaban J connectivity index is 0.00000176. The first-order chi connectivity index (χ1) is 10.2. The van der Waals surface area contributed by atoms with Crippen molar-refractivity contribution < 1.29 is 0 Å². The van der Waals surface area contributed by atoms with Crippen LogP contribution in [0.5, 0.6) is 0 Å². The zero-order valence-electron chi connectivity index (χ0n) is 13.3. The molecule has 2 heteroatoms. The lowest BCUT2D eigenvalue weighted by molar-refractivity contribution is 0.510. The third-order valence-corrected chi connectivity index (χ3v) is 4.24. The third kappa shape index (κ3) is 3.26. The molecule has 0 heterocycles. The van der Waals surface area contributed by atoms with Crippen LogP contribution in [0.2, 0.25) is 0 Å². The zero-order valence-corrected chi connectivity index (χ0v) is 14.1. The van der Waals surface area contributed by atoms with E-state index < -0.39 is 0 Å². The molecule has 0 radical (unpaired) electrons. The molecular formula is C20H24ClN. The zero-order chi connectivity index (χ0) is 14.8. The molecule has 1 nitrogen and oxygen atoms in total.